The van der Waals surface area contributed by atoms with Gasteiger partial charge in [0.15, 0.2) is 5.75 Å². The lowest BCUT2D eigenvalue weighted by Gasteiger charge is -2.17. The topological polar surface area (TPSA) is 58.6 Å². The van der Waals surface area contributed by atoms with Crippen LogP contribution in [0.5, 0.6) is 11.5 Å². The van der Waals surface area contributed by atoms with Crippen molar-refractivity contribution in [3.8, 4) is 11.5 Å². The van der Waals surface area contributed by atoms with E-state index in [-0.39, 0.29) is 29.4 Å². The predicted molar refractivity (Wildman–Crippen MR) is 118 cm³/mol. The van der Waals surface area contributed by atoms with Crippen molar-refractivity contribution in [1.82, 2.24) is 0 Å². The summed E-state index contributed by atoms with van der Waals surface area (Å²) < 4.78 is 83.5. The van der Waals surface area contributed by atoms with Crippen LogP contribution in [0.4, 0.5) is 32.0 Å². The Labute approximate surface area is 205 Å². The largest absolute Gasteiger partial charge is 0.507 e. The molecule has 0 unspecified atom stereocenters. The Morgan fingerprint density at radius 3 is 2.11 bits per heavy atom. The van der Waals surface area contributed by atoms with Crippen LogP contribution in [0.15, 0.2) is 54.6 Å². The highest BCUT2D eigenvalue weighted by atomic mass is 35.5. The molecule has 3 aromatic rings. The molecule has 0 radical (unpaired) electrons. The number of ether oxygens (including phenoxy) is 1. The smallest absolute Gasteiger partial charge is 0.416 e. The summed E-state index contributed by atoms with van der Waals surface area (Å²) in [4.78, 5) is 12.6. The van der Waals surface area contributed by atoms with E-state index in [1.807, 2.05) is 0 Å². The van der Waals surface area contributed by atoms with Gasteiger partial charge in [-0.15, -0.1) is 0 Å². The molecule has 186 valence electrons. The maximum absolute atomic E-state index is 13.3. The van der Waals surface area contributed by atoms with E-state index in [1.54, 1.807) is 0 Å². The summed E-state index contributed by atoms with van der Waals surface area (Å²) in [5.74, 6) is -1.73. The van der Waals surface area contributed by atoms with Crippen LogP contribution < -0.4 is 10.1 Å². The van der Waals surface area contributed by atoms with Crippen LogP contribution in [0.25, 0.3) is 0 Å². The first-order chi connectivity index (χ1) is 16.3. The van der Waals surface area contributed by atoms with Gasteiger partial charge in [0.1, 0.15) is 5.75 Å². The number of phenols is 1. The molecule has 2 N–H and O–H groups in total. The highest BCUT2D eigenvalue weighted by molar-refractivity contribution is 6.33. The Bertz CT molecular complexity index is 1230. The summed E-state index contributed by atoms with van der Waals surface area (Å²) in [7, 11) is 0. The number of phenolic OH excluding ortho intramolecular Hbond substituents is 1. The number of hydrogen-bond acceptors (Lipinski definition) is 3. The van der Waals surface area contributed by atoms with Crippen molar-refractivity contribution in [1.29, 1.82) is 0 Å². The number of amides is 1. The molecule has 3 aromatic carbocycles. The first-order valence-electron chi connectivity index (χ1n) is 9.75. The number of carbonyl (C=O) groups excluding carboxylic acids is 1. The van der Waals surface area contributed by atoms with Gasteiger partial charge in [-0.2, -0.15) is 26.3 Å². The zero-order valence-electron chi connectivity index (χ0n) is 17.4. The minimum absolute atomic E-state index is 0.0952. The number of halogens is 8. The quantitative estimate of drug-likeness (QED) is 0.318. The lowest BCUT2D eigenvalue weighted by atomic mass is 10.1. The third kappa shape index (κ3) is 6.73. The van der Waals surface area contributed by atoms with E-state index < -0.39 is 45.8 Å². The molecule has 0 aromatic heterocycles. The lowest BCUT2D eigenvalue weighted by Crippen LogP contribution is -2.15. The van der Waals surface area contributed by atoms with Crippen LogP contribution in [0.3, 0.4) is 0 Å². The Morgan fingerprint density at radius 2 is 1.51 bits per heavy atom. The number of alkyl halides is 6. The molecular weight excluding hydrogens is 523 g/mol. The summed E-state index contributed by atoms with van der Waals surface area (Å²) in [5.41, 5.74) is -2.26. The zero-order valence-corrected chi connectivity index (χ0v) is 18.9. The number of hydrogen-bond donors (Lipinski definition) is 2. The molecule has 0 saturated heterocycles. The molecule has 0 saturated carbocycles. The Morgan fingerprint density at radius 1 is 0.886 bits per heavy atom. The molecule has 12 heteroatoms. The minimum Gasteiger partial charge on any atom is -0.507 e. The summed E-state index contributed by atoms with van der Waals surface area (Å²) in [6.07, 6.45) is -9.19. The fourth-order valence-electron chi connectivity index (χ4n) is 3.01. The molecule has 1 amide bonds. The average molecular weight is 538 g/mol. The van der Waals surface area contributed by atoms with Crippen LogP contribution >= 0.6 is 23.2 Å². The highest BCUT2D eigenvalue weighted by Gasteiger charge is 2.33. The van der Waals surface area contributed by atoms with Gasteiger partial charge in [-0.1, -0.05) is 35.3 Å². The van der Waals surface area contributed by atoms with Crippen molar-refractivity contribution in [2.24, 2.45) is 0 Å². The van der Waals surface area contributed by atoms with Crippen LogP contribution in [-0.2, 0) is 18.8 Å². The SMILES string of the molecule is O=C(Nc1cc(C(F)(F)F)cc(Cl)c1OCCc1ccc(C(F)(F)F)cc1)c1cc(Cl)ccc1O. The Kier molecular flexibility index (Phi) is 7.76. The van der Waals surface area contributed by atoms with E-state index in [4.69, 9.17) is 27.9 Å². The van der Waals surface area contributed by atoms with Gasteiger partial charge in [0, 0.05) is 11.4 Å². The molecule has 4 nitrogen and oxygen atoms in total. The molecule has 0 aliphatic heterocycles. The van der Waals surface area contributed by atoms with Crippen molar-refractivity contribution < 1.29 is 41.0 Å². The molecule has 0 aliphatic rings. The summed E-state index contributed by atoms with van der Waals surface area (Å²) in [6.45, 7) is -0.179. The van der Waals surface area contributed by atoms with Gasteiger partial charge < -0.3 is 15.2 Å². The van der Waals surface area contributed by atoms with Crippen molar-refractivity contribution >= 4 is 34.8 Å². The third-order valence-corrected chi connectivity index (χ3v) is 5.26. The fraction of sp³-hybridized carbons (Fsp3) is 0.174. The van der Waals surface area contributed by atoms with Crippen LogP contribution in [0, 0.1) is 0 Å². The number of anilines is 1. The summed E-state index contributed by atoms with van der Waals surface area (Å²) in [5, 5.41) is 11.8. The summed E-state index contributed by atoms with van der Waals surface area (Å²) in [6, 6.07) is 9.05. The average Bonchev–Trinajstić information content (AvgIpc) is 2.76. The summed E-state index contributed by atoms with van der Waals surface area (Å²) >= 11 is 11.8. The maximum atomic E-state index is 13.3. The molecule has 0 bridgehead atoms. The van der Waals surface area contributed by atoms with Gasteiger partial charge in [0.2, 0.25) is 0 Å². The van der Waals surface area contributed by atoms with E-state index in [0.717, 1.165) is 24.3 Å². The number of benzene rings is 3. The van der Waals surface area contributed by atoms with E-state index in [9.17, 15) is 36.2 Å². The number of nitrogens with one attached hydrogen (secondary N) is 1. The zero-order chi connectivity index (χ0) is 26.0. The van der Waals surface area contributed by atoms with E-state index in [1.165, 1.54) is 18.2 Å². The second-order valence-electron chi connectivity index (χ2n) is 7.24. The van der Waals surface area contributed by atoms with E-state index in [0.29, 0.717) is 17.7 Å². The van der Waals surface area contributed by atoms with Gasteiger partial charge in [-0.3, -0.25) is 4.79 Å². The second-order valence-corrected chi connectivity index (χ2v) is 8.08. The molecule has 0 fully saturated rings. The predicted octanol–water partition coefficient (Wildman–Crippen LogP) is 7.61. The van der Waals surface area contributed by atoms with Crippen molar-refractivity contribution in [2.45, 2.75) is 18.8 Å². The molecule has 0 heterocycles. The van der Waals surface area contributed by atoms with Crippen LogP contribution in [0.2, 0.25) is 10.0 Å². The van der Waals surface area contributed by atoms with Gasteiger partial charge >= 0.3 is 12.4 Å². The fourth-order valence-corrected chi connectivity index (χ4v) is 3.45. The van der Waals surface area contributed by atoms with Gasteiger partial charge in [0.05, 0.1) is 34.0 Å². The Hall–Kier alpha value is -3.11. The molecule has 3 rings (SSSR count). The third-order valence-electron chi connectivity index (χ3n) is 4.74. The lowest BCUT2D eigenvalue weighted by molar-refractivity contribution is -0.138. The van der Waals surface area contributed by atoms with Crippen LogP contribution in [0.1, 0.15) is 27.0 Å². The van der Waals surface area contributed by atoms with E-state index in [2.05, 4.69) is 5.32 Å². The molecule has 35 heavy (non-hydrogen) atoms. The molecule has 0 spiro atoms. The first-order valence-corrected chi connectivity index (χ1v) is 10.5. The van der Waals surface area contributed by atoms with Gasteiger partial charge in [-0.25, -0.2) is 0 Å². The van der Waals surface area contributed by atoms with Crippen LogP contribution in [-0.4, -0.2) is 17.6 Å². The monoisotopic (exact) mass is 537 g/mol. The minimum atomic E-state index is -4.79. The molecule has 0 aliphatic carbocycles. The highest BCUT2D eigenvalue weighted by Crippen LogP contribution is 2.41. The van der Waals surface area contributed by atoms with Gasteiger partial charge in [-0.05, 0) is 48.0 Å². The molecular formula is C23H15Cl2F6NO3. The molecule has 0 atom stereocenters. The van der Waals surface area contributed by atoms with E-state index >= 15 is 0 Å². The maximum Gasteiger partial charge on any atom is 0.416 e. The van der Waals surface area contributed by atoms with Crippen molar-refractivity contribution in [3.05, 3.63) is 86.9 Å². The van der Waals surface area contributed by atoms with Gasteiger partial charge in [0.25, 0.3) is 5.91 Å². The number of carbonyl (C=O) groups is 1. The second kappa shape index (κ2) is 10.2. The van der Waals surface area contributed by atoms with Crippen molar-refractivity contribution in [3.63, 3.8) is 0 Å². The van der Waals surface area contributed by atoms with Crippen molar-refractivity contribution in [2.75, 3.05) is 11.9 Å². The first kappa shape index (κ1) is 26.5. The number of aromatic hydroxyl groups is 1. The standard InChI is InChI=1S/C23H15Cl2F6NO3/c24-15-5-6-19(33)16(11-15)21(34)32-18-10-14(23(29,30)31)9-17(25)20(18)35-8-7-12-1-3-13(4-2-12)22(26,27)28/h1-6,9-11,33H,7-8H2,(H,32,34). The number of rotatable bonds is 6. The normalized spacial score (nSPS) is 11.9. The Balaban J connectivity index is 1.85.